The first kappa shape index (κ1) is 12.0. The van der Waals surface area contributed by atoms with Crippen LogP contribution in [0.1, 0.15) is 65.7 Å². The topological polar surface area (TPSA) is 43.9 Å². The van der Waals surface area contributed by atoms with Gasteiger partial charge in [-0.2, -0.15) is 0 Å². The van der Waals surface area contributed by atoms with Crippen molar-refractivity contribution in [3.05, 3.63) is 0 Å². The van der Waals surface area contributed by atoms with E-state index < -0.39 is 0 Å². The number of hydrogen-bond donors (Lipinski definition) is 2. The highest BCUT2D eigenvalue weighted by Gasteiger charge is 2.34. The molecule has 0 aromatic carbocycles. The largest absolute Gasteiger partial charge is 0.235 e. The van der Waals surface area contributed by atoms with Crippen LogP contribution in [0.4, 0.5) is 0 Å². The number of hydrogen-bond acceptors (Lipinski definition) is 2. The standard InChI is InChI=1S/C12H26N2/c1-11(2)9-7-5-4-6-8-10-12(3)13-14-12/h11,13-14H,4-10H2,1-3H3. The normalized spacial score (nSPS) is 18.9. The third kappa shape index (κ3) is 5.61. The molecule has 1 saturated heterocycles. The minimum absolute atomic E-state index is 0.290. The second-order valence-corrected chi connectivity index (χ2v) is 5.28. The number of hydrazine groups is 1. The predicted octanol–water partition coefficient (Wildman–Crippen LogP) is 3.20. The maximum Gasteiger partial charge on any atom is 0.0915 e. The maximum atomic E-state index is 3.18. The van der Waals surface area contributed by atoms with Crippen molar-refractivity contribution >= 4 is 0 Å². The molecule has 84 valence electrons. The molecule has 0 amide bonds. The molecule has 2 nitrogen and oxygen atoms in total. The first-order chi connectivity index (χ1) is 6.62. The number of unbranched alkanes of at least 4 members (excludes halogenated alkanes) is 4. The average Bonchev–Trinajstić information content (AvgIpc) is 2.82. The van der Waals surface area contributed by atoms with E-state index >= 15 is 0 Å². The van der Waals surface area contributed by atoms with Crippen LogP contribution in [0.3, 0.4) is 0 Å². The Balaban J connectivity index is 1.76. The third-order valence-electron chi connectivity index (χ3n) is 3.01. The Hall–Kier alpha value is -0.0800. The zero-order valence-corrected chi connectivity index (χ0v) is 10.0. The van der Waals surface area contributed by atoms with Gasteiger partial charge in [0, 0.05) is 0 Å². The van der Waals surface area contributed by atoms with Gasteiger partial charge in [-0.1, -0.05) is 52.4 Å². The predicted molar refractivity (Wildman–Crippen MR) is 61.8 cm³/mol. The highest BCUT2D eigenvalue weighted by molar-refractivity contribution is 4.88. The summed E-state index contributed by atoms with van der Waals surface area (Å²) < 4.78 is 0. The van der Waals surface area contributed by atoms with Gasteiger partial charge in [0.25, 0.3) is 0 Å². The summed E-state index contributed by atoms with van der Waals surface area (Å²) in [6, 6.07) is 0. The van der Waals surface area contributed by atoms with E-state index in [1.807, 2.05) is 0 Å². The van der Waals surface area contributed by atoms with Gasteiger partial charge in [-0.15, -0.1) is 0 Å². The van der Waals surface area contributed by atoms with Crippen LogP contribution in [-0.2, 0) is 0 Å². The van der Waals surface area contributed by atoms with Crippen molar-refractivity contribution in [2.75, 3.05) is 0 Å². The van der Waals surface area contributed by atoms with Gasteiger partial charge in [0.2, 0.25) is 0 Å². The number of nitrogens with one attached hydrogen (secondary N) is 2. The molecule has 1 aliphatic heterocycles. The fourth-order valence-electron chi connectivity index (χ4n) is 1.79. The van der Waals surface area contributed by atoms with Crippen LogP contribution in [-0.4, -0.2) is 5.66 Å². The van der Waals surface area contributed by atoms with E-state index in [1.54, 1.807) is 0 Å². The highest BCUT2D eigenvalue weighted by atomic mass is 15.7. The SMILES string of the molecule is CC(C)CCCCCCCC1(C)NN1. The Morgan fingerprint density at radius 1 is 0.929 bits per heavy atom. The zero-order chi connectivity index (χ0) is 10.4. The second-order valence-electron chi connectivity index (χ2n) is 5.28. The van der Waals surface area contributed by atoms with Crippen LogP contribution < -0.4 is 10.9 Å². The van der Waals surface area contributed by atoms with Gasteiger partial charge in [0.1, 0.15) is 0 Å². The van der Waals surface area contributed by atoms with Crippen LogP contribution in [0, 0.1) is 5.92 Å². The quantitative estimate of drug-likeness (QED) is 0.464. The molecule has 0 aliphatic carbocycles. The van der Waals surface area contributed by atoms with Gasteiger partial charge in [-0.05, 0) is 19.3 Å². The molecule has 0 spiro atoms. The molecule has 0 bridgehead atoms. The molecule has 0 unspecified atom stereocenters. The maximum absolute atomic E-state index is 3.18. The summed E-state index contributed by atoms with van der Waals surface area (Å²) >= 11 is 0. The second kappa shape index (κ2) is 5.72. The van der Waals surface area contributed by atoms with Crippen LogP contribution in [0.15, 0.2) is 0 Å². The lowest BCUT2D eigenvalue weighted by Gasteiger charge is -2.05. The van der Waals surface area contributed by atoms with Gasteiger partial charge in [0.05, 0.1) is 5.66 Å². The summed E-state index contributed by atoms with van der Waals surface area (Å²) in [5.41, 5.74) is 6.65. The summed E-state index contributed by atoms with van der Waals surface area (Å²) in [6.45, 7) is 6.85. The van der Waals surface area contributed by atoms with E-state index in [1.165, 1.54) is 44.9 Å². The van der Waals surface area contributed by atoms with Gasteiger partial charge in [-0.25, -0.2) is 10.9 Å². The Morgan fingerprint density at radius 2 is 1.50 bits per heavy atom. The number of rotatable bonds is 8. The van der Waals surface area contributed by atoms with Gasteiger partial charge in [-0.3, -0.25) is 0 Å². The summed E-state index contributed by atoms with van der Waals surface area (Å²) in [4.78, 5) is 0. The van der Waals surface area contributed by atoms with Crippen molar-refractivity contribution < 1.29 is 0 Å². The van der Waals surface area contributed by atoms with Crippen LogP contribution in [0.2, 0.25) is 0 Å². The molecule has 0 atom stereocenters. The van der Waals surface area contributed by atoms with Crippen molar-refractivity contribution in [2.45, 2.75) is 71.4 Å². The summed E-state index contributed by atoms with van der Waals surface area (Å²) in [7, 11) is 0. The summed E-state index contributed by atoms with van der Waals surface area (Å²) in [5, 5.41) is 0. The first-order valence-corrected chi connectivity index (χ1v) is 6.17. The fourth-order valence-corrected chi connectivity index (χ4v) is 1.79. The molecule has 1 aliphatic rings. The summed E-state index contributed by atoms with van der Waals surface area (Å²) in [6.07, 6.45) is 9.71. The minimum atomic E-state index is 0.290. The van der Waals surface area contributed by atoms with E-state index in [9.17, 15) is 0 Å². The van der Waals surface area contributed by atoms with Crippen LogP contribution >= 0.6 is 0 Å². The fraction of sp³-hybridized carbons (Fsp3) is 1.00. The minimum Gasteiger partial charge on any atom is -0.235 e. The molecule has 0 radical (unpaired) electrons. The Bertz CT molecular complexity index is 150. The molecular formula is C12H26N2. The van der Waals surface area contributed by atoms with Crippen molar-refractivity contribution in [3.63, 3.8) is 0 Å². The Kier molecular flexibility index (Phi) is 4.90. The summed E-state index contributed by atoms with van der Waals surface area (Å²) in [5.74, 6) is 0.883. The van der Waals surface area contributed by atoms with E-state index in [0.29, 0.717) is 0 Å². The van der Waals surface area contributed by atoms with Gasteiger partial charge in [0.15, 0.2) is 0 Å². The van der Waals surface area contributed by atoms with E-state index in [0.717, 1.165) is 5.92 Å². The lowest BCUT2D eigenvalue weighted by atomic mass is 10.0. The molecule has 1 heterocycles. The van der Waals surface area contributed by atoms with E-state index in [2.05, 4.69) is 31.6 Å². The van der Waals surface area contributed by atoms with Crippen molar-refractivity contribution in [3.8, 4) is 0 Å². The lowest BCUT2D eigenvalue weighted by molar-refractivity contribution is 0.494. The molecular weight excluding hydrogens is 172 g/mol. The van der Waals surface area contributed by atoms with E-state index in [4.69, 9.17) is 0 Å². The first-order valence-electron chi connectivity index (χ1n) is 6.17. The van der Waals surface area contributed by atoms with Crippen molar-refractivity contribution in [1.29, 1.82) is 0 Å². The smallest absolute Gasteiger partial charge is 0.0915 e. The molecule has 0 aromatic heterocycles. The average molecular weight is 198 g/mol. The van der Waals surface area contributed by atoms with Crippen molar-refractivity contribution in [1.82, 2.24) is 10.9 Å². The van der Waals surface area contributed by atoms with Crippen LogP contribution in [0.25, 0.3) is 0 Å². The van der Waals surface area contributed by atoms with E-state index in [-0.39, 0.29) is 5.66 Å². The molecule has 2 heteroatoms. The monoisotopic (exact) mass is 198 g/mol. The molecule has 1 fully saturated rings. The molecule has 14 heavy (non-hydrogen) atoms. The lowest BCUT2D eigenvalue weighted by Crippen LogP contribution is -2.10. The Labute approximate surface area is 88.8 Å². The molecule has 1 rings (SSSR count). The third-order valence-corrected chi connectivity index (χ3v) is 3.01. The Morgan fingerprint density at radius 3 is 2.07 bits per heavy atom. The molecule has 0 saturated carbocycles. The molecule has 2 N–H and O–H groups in total. The van der Waals surface area contributed by atoms with Crippen LogP contribution in [0.5, 0.6) is 0 Å². The van der Waals surface area contributed by atoms with Gasteiger partial charge < -0.3 is 0 Å². The zero-order valence-electron chi connectivity index (χ0n) is 10.0. The highest BCUT2D eigenvalue weighted by Crippen LogP contribution is 2.19. The van der Waals surface area contributed by atoms with Crippen molar-refractivity contribution in [2.24, 2.45) is 5.92 Å². The van der Waals surface area contributed by atoms with Gasteiger partial charge >= 0.3 is 0 Å². The molecule has 0 aromatic rings.